The number of allylic oxidation sites excluding steroid dienone is 2. The van der Waals surface area contributed by atoms with Gasteiger partial charge in [-0.3, -0.25) is 0 Å². The molecule has 1 fully saturated rings. The van der Waals surface area contributed by atoms with Gasteiger partial charge in [-0.1, -0.05) is 24.5 Å². The van der Waals surface area contributed by atoms with Gasteiger partial charge in [-0.2, -0.15) is 0 Å². The minimum atomic E-state index is 0.0301. The number of carbonyl (C=O) groups excluding carboxylic acids is 1. The van der Waals surface area contributed by atoms with Gasteiger partial charge in [0.2, 0.25) is 0 Å². The van der Waals surface area contributed by atoms with Gasteiger partial charge in [-0.15, -0.1) is 0 Å². The van der Waals surface area contributed by atoms with Crippen molar-refractivity contribution in [3.63, 3.8) is 0 Å². The SMILES string of the molecule is CC1=CCC2(C=O)CCCCC12. The van der Waals surface area contributed by atoms with E-state index < -0.39 is 0 Å². The van der Waals surface area contributed by atoms with Crippen LogP contribution in [0.25, 0.3) is 0 Å². The second kappa shape index (κ2) is 2.72. The summed E-state index contributed by atoms with van der Waals surface area (Å²) in [7, 11) is 0. The highest BCUT2D eigenvalue weighted by atomic mass is 16.1. The second-order valence-electron chi connectivity index (χ2n) is 4.30. The number of fused-ring (bicyclic) bond motifs is 1. The van der Waals surface area contributed by atoms with Crippen LogP contribution >= 0.6 is 0 Å². The van der Waals surface area contributed by atoms with Crippen molar-refractivity contribution in [1.82, 2.24) is 0 Å². The van der Waals surface area contributed by atoms with Gasteiger partial charge in [0, 0.05) is 5.41 Å². The van der Waals surface area contributed by atoms with Gasteiger partial charge >= 0.3 is 0 Å². The number of carbonyl (C=O) groups is 1. The van der Waals surface area contributed by atoms with Gasteiger partial charge in [0.15, 0.2) is 0 Å². The topological polar surface area (TPSA) is 17.1 Å². The largest absolute Gasteiger partial charge is 0.303 e. The van der Waals surface area contributed by atoms with Gasteiger partial charge < -0.3 is 4.79 Å². The summed E-state index contributed by atoms with van der Waals surface area (Å²) in [5.74, 6) is 0.587. The van der Waals surface area contributed by atoms with E-state index in [0.29, 0.717) is 5.92 Å². The van der Waals surface area contributed by atoms with Gasteiger partial charge in [0.25, 0.3) is 0 Å². The summed E-state index contributed by atoms with van der Waals surface area (Å²) in [5.41, 5.74) is 1.49. The van der Waals surface area contributed by atoms with Crippen LogP contribution in [-0.4, -0.2) is 6.29 Å². The van der Waals surface area contributed by atoms with Crippen LogP contribution in [0.1, 0.15) is 39.0 Å². The van der Waals surface area contributed by atoms with Crippen LogP contribution in [0.2, 0.25) is 0 Å². The van der Waals surface area contributed by atoms with E-state index in [1.807, 2.05) is 0 Å². The Morgan fingerprint density at radius 2 is 2.42 bits per heavy atom. The molecular weight excluding hydrogens is 148 g/mol. The van der Waals surface area contributed by atoms with E-state index in [1.165, 1.54) is 31.1 Å². The Morgan fingerprint density at radius 3 is 3.08 bits per heavy atom. The highest BCUT2D eigenvalue weighted by Crippen LogP contribution is 2.50. The lowest BCUT2D eigenvalue weighted by Gasteiger charge is -2.35. The Labute approximate surface area is 73.8 Å². The fourth-order valence-electron chi connectivity index (χ4n) is 2.87. The van der Waals surface area contributed by atoms with E-state index in [1.54, 1.807) is 0 Å². The van der Waals surface area contributed by atoms with Crippen LogP contribution < -0.4 is 0 Å². The Balaban J connectivity index is 2.26. The van der Waals surface area contributed by atoms with E-state index in [2.05, 4.69) is 13.0 Å². The lowest BCUT2D eigenvalue weighted by Crippen LogP contribution is -2.32. The van der Waals surface area contributed by atoms with Crippen molar-refractivity contribution >= 4 is 6.29 Å². The summed E-state index contributed by atoms with van der Waals surface area (Å²) in [6.45, 7) is 2.18. The Morgan fingerprint density at radius 1 is 1.58 bits per heavy atom. The summed E-state index contributed by atoms with van der Waals surface area (Å²) in [5, 5.41) is 0. The normalized spacial score (nSPS) is 40.4. The van der Waals surface area contributed by atoms with Crippen molar-refractivity contribution in [3.8, 4) is 0 Å². The maximum absolute atomic E-state index is 11.1. The molecule has 0 spiro atoms. The fourth-order valence-corrected chi connectivity index (χ4v) is 2.87. The summed E-state index contributed by atoms with van der Waals surface area (Å²) in [4.78, 5) is 11.1. The van der Waals surface area contributed by atoms with Crippen LogP contribution in [0.3, 0.4) is 0 Å². The van der Waals surface area contributed by atoms with Gasteiger partial charge in [0.1, 0.15) is 6.29 Å². The highest BCUT2D eigenvalue weighted by molar-refractivity contribution is 5.63. The molecule has 0 aliphatic heterocycles. The molecule has 0 heterocycles. The Kier molecular flexibility index (Phi) is 1.82. The molecular formula is C11H16O. The zero-order chi connectivity index (χ0) is 8.60. The minimum absolute atomic E-state index is 0.0301. The molecule has 0 radical (unpaired) electrons. The second-order valence-corrected chi connectivity index (χ2v) is 4.30. The molecule has 2 rings (SSSR count). The standard InChI is InChI=1S/C11H16O/c1-9-5-7-11(8-12)6-3-2-4-10(9)11/h5,8,10H,2-4,6-7H2,1H3. The van der Waals surface area contributed by atoms with Gasteiger partial charge in [-0.25, -0.2) is 0 Å². The first-order valence-electron chi connectivity index (χ1n) is 4.91. The third-order valence-electron chi connectivity index (χ3n) is 3.67. The molecule has 12 heavy (non-hydrogen) atoms. The Bertz CT molecular complexity index is 229. The van der Waals surface area contributed by atoms with Crippen molar-refractivity contribution in [2.75, 3.05) is 0 Å². The molecule has 0 amide bonds. The number of hydrogen-bond donors (Lipinski definition) is 0. The Hall–Kier alpha value is -0.590. The minimum Gasteiger partial charge on any atom is -0.303 e. The lowest BCUT2D eigenvalue weighted by atomic mass is 9.67. The van der Waals surface area contributed by atoms with E-state index in [0.717, 1.165) is 12.8 Å². The molecule has 1 saturated carbocycles. The van der Waals surface area contributed by atoms with Gasteiger partial charge in [0.05, 0.1) is 0 Å². The number of hydrogen-bond acceptors (Lipinski definition) is 1. The molecule has 0 aromatic carbocycles. The van der Waals surface area contributed by atoms with Crippen molar-refractivity contribution in [2.45, 2.75) is 39.0 Å². The number of rotatable bonds is 1. The van der Waals surface area contributed by atoms with Crippen LogP contribution in [-0.2, 0) is 4.79 Å². The predicted molar refractivity (Wildman–Crippen MR) is 48.8 cm³/mol. The molecule has 1 nitrogen and oxygen atoms in total. The lowest BCUT2D eigenvalue weighted by molar-refractivity contribution is -0.119. The highest BCUT2D eigenvalue weighted by Gasteiger charge is 2.43. The summed E-state index contributed by atoms with van der Waals surface area (Å²) < 4.78 is 0. The van der Waals surface area contributed by atoms with Crippen molar-refractivity contribution in [1.29, 1.82) is 0 Å². The first-order valence-corrected chi connectivity index (χ1v) is 4.91. The molecule has 0 aromatic rings. The third-order valence-corrected chi connectivity index (χ3v) is 3.67. The molecule has 66 valence electrons. The zero-order valence-electron chi connectivity index (χ0n) is 7.68. The van der Waals surface area contributed by atoms with Crippen LogP contribution in [0, 0.1) is 11.3 Å². The molecule has 1 heteroatoms. The molecule has 0 N–H and O–H groups in total. The predicted octanol–water partition coefficient (Wildman–Crippen LogP) is 2.71. The zero-order valence-corrected chi connectivity index (χ0v) is 7.68. The maximum atomic E-state index is 11.1. The monoisotopic (exact) mass is 164 g/mol. The van der Waals surface area contributed by atoms with Crippen molar-refractivity contribution < 1.29 is 4.79 Å². The van der Waals surface area contributed by atoms with Crippen molar-refractivity contribution in [3.05, 3.63) is 11.6 Å². The maximum Gasteiger partial charge on any atom is 0.127 e. The van der Waals surface area contributed by atoms with E-state index >= 15 is 0 Å². The average molecular weight is 164 g/mol. The summed E-state index contributed by atoms with van der Waals surface area (Å²) in [6.07, 6.45) is 9.42. The molecule has 0 bridgehead atoms. The quantitative estimate of drug-likeness (QED) is 0.430. The van der Waals surface area contributed by atoms with Gasteiger partial charge in [-0.05, 0) is 32.1 Å². The summed E-state index contributed by atoms with van der Waals surface area (Å²) in [6, 6.07) is 0. The van der Waals surface area contributed by atoms with E-state index in [-0.39, 0.29) is 5.41 Å². The first-order chi connectivity index (χ1) is 5.78. The molecule has 2 aliphatic carbocycles. The van der Waals surface area contributed by atoms with E-state index in [9.17, 15) is 4.79 Å². The molecule has 2 unspecified atom stereocenters. The van der Waals surface area contributed by atoms with Crippen LogP contribution in [0.4, 0.5) is 0 Å². The van der Waals surface area contributed by atoms with E-state index in [4.69, 9.17) is 0 Å². The van der Waals surface area contributed by atoms with Crippen LogP contribution in [0.15, 0.2) is 11.6 Å². The van der Waals surface area contributed by atoms with Crippen LogP contribution in [0.5, 0.6) is 0 Å². The molecule has 2 atom stereocenters. The fraction of sp³-hybridized carbons (Fsp3) is 0.727. The average Bonchev–Trinajstić information content (AvgIpc) is 2.46. The molecule has 2 aliphatic rings. The first kappa shape index (κ1) is 8.03. The molecule has 0 saturated heterocycles. The van der Waals surface area contributed by atoms with Crippen molar-refractivity contribution in [2.24, 2.45) is 11.3 Å². The number of aldehydes is 1. The third kappa shape index (κ3) is 0.954. The molecule has 0 aromatic heterocycles. The summed E-state index contributed by atoms with van der Waals surface area (Å²) >= 11 is 0. The smallest absolute Gasteiger partial charge is 0.127 e.